The molecule has 1 atom stereocenters. The molecule has 136 valence electrons. The lowest BCUT2D eigenvalue weighted by Gasteiger charge is -2.35. The van der Waals surface area contributed by atoms with Crippen LogP contribution in [-0.2, 0) is 6.18 Å². The average Bonchev–Trinajstić information content (AvgIpc) is 3.09. The third kappa shape index (κ3) is 3.47. The van der Waals surface area contributed by atoms with E-state index >= 15 is 0 Å². The highest BCUT2D eigenvalue weighted by Gasteiger charge is 2.30. The first kappa shape index (κ1) is 16.8. The van der Waals surface area contributed by atoms with E-state index in [-0.39, 0.29) is 6.04 Å². The van der Waals surface area contributed by atoms with E-state index < -0.39 is 11.7 Å². The van der Waals surface area contributed by atoms with Crippen LogP contribution in [0.15, 0.2) is 48.7 Å². The summed E-state index contributed by atoms with van der Waals surface area (Å²) in [6.45, 7) is 1.61. The highest BCUT2D eigenvalue weighted by atomic mass is 19.4. The van der Waals surface area contributed by atoms with Crippen LogP contribution < -0.4 is 10.2 Å². The van der Waals surface area contributed by atoms with Gasteiger partial charge in [0.15, 0.2) is 0 Å². The van der Waals surface area contributed by atoms with E-state index in [4.69, 9.17) is 0 Å². The van der Waals surface area contributed by atoms with E-state index in [0.29, 0.717) is 0 Å². The Morgan fingerprint density at radius 3 is 2.69 bits per heavy atom. The van der Waals surface area contributed by atoms with E-state index in [9.17, 15) is 13.2 Å². The summed E-state index contributed by atoms with van der Waals surface area (Å²) in [6, 6.07) is 11.7. The minimum atomic E-state index is -4.30. The standard InChI is InChI=1S/C19H19F3N4/c20-19(21,22)14-3-6-17(7-4-14)26-9-1-2-16(12-26)24-15-5-8-18-13(10-15)11-23-25-18/h3-8,10-11,16,24H,1-2,9,12H2,(H,23,25). The number of alkyl halides is 3. The first-order chi connectivity index (χ1) is 12.5. The molecule has 7 heteroatoms. The number of aromatic nitrogens is 2. The van der Waals surface area contributed by atoms with Gasteiger partial charge in [-0.3, -0.25) is 5.10 Å². The minimum Gasteiger partial charge on any atom is -0.381 e. The zero-order chi connectivity index (χ0) is 18.1. The van der Waals surface area contributed by atoms with E-state index in [2.05, 4.69) is 26.5 Å². The smallest absolute Gasteiger partial charge is 0.381 e. The Labute approximate surface area is 149 Å². The summed E-state index contributed by atoms with van der Waals surface area (Å²) in [5.74, 6) is 0. The molecule has 4 nitrogen and oxygen atoms in total. The summed E-state index contributed by atoms with van der Waals surface area (Å²) < 4.78 is 38.2. The largest absolute Gasteiger partial charge is 0.416 e. The number of H-pyrrole nitrogens is 1. The maximum Gasteiger partial charge on any atom is 0.416 e. The number of rotatable bonds is 3. The van der Waals surface area contributed by atoms with Crippen molar-refractivity contribution in [1.29, 1.82) is 0 Å². The fourth-order valence-corrected chi connectivity index (χ4v) is 3.46. The molecule has 1 aromatic heterocycles. The monoisotopic (exact) mass is 360 g/mol. The number of fused-ring (bicyclic) bond motifs is 1. The van der Waals surface area contributed by atoms with Gasteiger partial charge in [-0.15, -0.1) is 0 Å². The number of aromatic amines is 1. The number of anilines is 2. The molecule has 0 bridgehead atoms. The molecule has 1 aliphatic rings. The van der Waals surface area contributed by atoms with Gasteiger partial charge >= 0.3 is 6.18 Å². The Morgan fingerprint density at radius 1 is 1.12 bits per heavy atom. The summed E-state index contributed by atoms with van der Waals surface area (Å²) in [4.78, 5) is 2.14. The summed E-state index contributed by atoms with van der Waals surface area (Å²) in [5, 5.41) is 11.5. The summed E-state index contributed by atoms with van der Waals surface area (Å²) >= 11 is 0. The molecular weight excluding hydrogens is 341 g/mol. The van der Waals surface area contributed by atoms with Gasteiger partial charge in [-0.25, -0.2) is 0 Å². The van der Waals surface area contributed by atoms with E-state index in [1.165, 1.54) is 0 Å². The normalized spacial score (nSPS) is 18.3. The molecule has 0 aliphatic carbocycles. The predicted molar refractivity (Wildman–Crippen MR) is 96.4 cm³/mol. The van der Waals surface area contributed by atoms with Crippen LogP contribution in [0.1, 0.15) is 18.4 Å². The minimum absolute atomic E-state index is 0.246. The Balaban J connectivity index is 1.45. The maximum absolute atomic E-state index is 12.7. The second-order valence-electron chi connectivity index (χ2n) is 6.65. The molecule has 3 aromatic rings. The van der Waals surface area contributed by atoms with E-state index in [1.807, 2.05) is 12.1 Å². The molecule has 4 rings (SSSR count). The summed E-state index contributed by atoms with van der Waals surface area (Å²) in [7, 11) is 0. The van der Waals surface area contributed by atoms with Crippen molar-refractivity contribution >= 4 is 22.3 Å². The second-order valence-corrected chi connectivity index (χ2v) is 6.65. The quantitative estimate of drug-likeness (QED) is 0.714. The van der Waals surface area contributed by atoms with Crippen molar-refractivity contribution < 1.29 is 13.2 Å². The van der Waals surface area contributed by atoms with Gasteiger partial charge in [0.1, 0.15) is 0 Å². The van der Waals surface area contributed by atoms with Crippen LogP contribution in [-0.4, -0.2) is 29.3 Å². The number of nitrogens with one attached hydrogen (secondary N) is 2. The lowest BCUT2D eigenvalue weighted by atomic mass is 10.0. The van der Waals surface area contributed by atoms with Crippen LogP contribution in [0.2, 0.25) is 0 Å². The number of hydrogen-bond acceptors (Lipinski definition) is 3. The van der Waals surface area contributed by atoms with Crippen molar-refractivity contribution in [1.82, 2.24) is 10.2 Å². The van der Waals surface area contributed by atoms with Crippen LogP contribution >= 0.6 is 0 Å². The molecule has 2 N–H and O–H groups in total. The second kappa shape index (κ2) is 6.55. The number of halogens is 3. The van der Waals surface area contributed by atoms with Crippen molar-refractivity contribution in [3.63, 3.8) is 0 Å². The zero-order valence-corrected chi connectivity index (χ0v) is 14.1. The Bertz CT molecular complexity index is 886. The van der Waals surface area contributed by atoms with Gasteiger partial charge in [-0.05, 0) is 55.3 Å². The molecule has 26 heavy (non-hydrogen) atoms. The molecule has 0 radical (unpaired) electrons. The van der Waals surface area contributed by atoms with Crippen molar-refractivity contribution in [3.05, 3.63) is 54.2 Å². The Kier molecular flexibility index (Phi) is 4.22. The number of benzene rings is 2. The SMILES string of the molecule is FC(F)(F)c1ccc(N2CCCC(Nc3ccc4[nH]ncc4c3)C2)cc1. The van der Waals surface area contributed by atoms with Crippen LogP contribution in [0.3, 0.4) is 0 Å². The maximum atomic E-state index is 12.7. The van der Waals surface area contributed by atoms with E-state index in [0.717, 1.165) is 60.3 Å². The first-order valence-electron chi connectivity index (χ1n) is 8.61. The van der Waals surface area contributed by atoms with Gasteiger partial charge in [0.2, 0.25) is 0 Å². The van der Waals surface area contributed by atoms with E-state index in [1.54, 1.807) is 18.3 Å². The van der Waals surface area contributed by atoms with Gasteiger partial charge < -0.3 is 10.2 Å². The van der Waals surface area contributed by atoms with Crippen molar-refractivity contribution in [2.75, 3.05) is 23.3 Å². The van der Waals surface area contributed by atoms with Gasteiger partial charge in [0.05, 0.1) is 17.3 Å². The zero-order valence-electron chi connectivity index (χ0n) is 14.1. The van der Waals surface area contributed by atoms with Crippen LogP contribution in [0.25, 0.3) is 10.9 Å². The molecular formula is C19H19F3N4. The highest BCUT2D eigenvalue weighted by molar-refractivity contribution is 5.81. The lowest BCUT2D eigenvalue weighted by Crippen LogP contribution is -2.42. The topological polar surface area (TPSA) is 44.0 Å². The number of hydrogen-bond donors (Lipinski definition) is 2. The number of nitrogens with zero attached hydrogens (tertiary/aromatic N) is 2. The first-order valence-corrected chi connectivity index (χ1v) is 8.61. The van der Waals surface area contributed by atoms with Gasteiger partial charge in [-0.1, -0.05) is 0 Å². The summed E-state index contributed by atoms with van der Waals surface area (Å²) in [6.07, 6.45) is -0.487. The van der Waals surface area contributed by atoms with Crippen molar-refractivity contribution in [2.45, 2.75) is 25.1 Å². The molecule has 2 aromatic carbocycles. The molecule has 0 spiro atoms. The molecule has 1 unspecified atom stereocenters. The van der Waals surface area contributed by atoms with Crippen molar-refractivity contribution in [2.24, 2.45) is 0 Å². The molecule has 1 aliphatic heterocycles. The fourth-order valence-electron chi connectivity index (χ4n) is 3.46. The fraction of sp³-hybridized carbons (Fsp3) is 0.316. The highest BCUT2D eigenvalue weighted by Crippen LogP contribution is 2.31. The third-order valence-corrected chi connectivity index (χ3v) is 4.79. The third-order valence-electron chi connectivity index (χ3n) is 4.79. The predicted octanol–water partition coefficient (Wildman–Crippen LogP) is 4.66. The molecule has 1 fully saturated rings. The average molecular weight is 360 g/mol. The molecule has 0 saturated carbocycles. The molecule has 2 heterocycles. The van der Waals surface area contributed by atoms with Gasteiger partial charge in [-0.2, -0.15) is 18.3 Å². The molecule has 0 amide bonds. The lowest BCUT2D eigenvalue weighted by molar-refractivity contribution is -0.137. The summed E-state index contributed by atoms with van der Waals surface area (Å²) in [5.41, 5.74) is 2.24. The Hall–Kier alpha value is -2.70. The van der Waals surface area contributed by atoms with Crippen LogP contribution in [0.5, 0.6) is 0 Å². The van der Waals surface area contributed by atoms with Crippen molar-refractivity contribution in [3.8, 4) is 0 Å². The Morgan fingerprint density at radius 2 is 1.92 bits per heavy atom. The molecule has 1 saturated heterocycles. The van der Waals surface area contributed by atoms with Crippen LogP contribution in [0.4, 0.5) is 24.5 Å². The number of piperidine rings is 1. The van der Waals surface area contributed by atoms with Crippen LogP contribution in [0, 0.1) is 0 Å². The van der Waals surface area contributed by atoms with Gasteiger partial charge in [0, 0.05) is 35.9 Å². The van der Waals surface area contributed by atoms with Gasteiger partial charge in [0.25, 0.3) is 0 Å².